The molecule has 1 aliphatic heterocycles. The van der Waals surface area contributed by atoms with E-state index in [4.69, 9.17) is 14.2 Å². The number of anilines is 1. The van der Waals surface area contributed by atoms with E-state index in [2.05, 4.69) is 10.6 Å². The predicted octanol–water partition coefficient (Wildman–Crippen LogP) is 1.18. The highest BCUT2D eigenvalue weighted by molar-refractivity contribution is 5.93. The molecular formula is C21H31N3O6. The second kappa shape index (κ2) is 12.7. The Morgan fingerprint density at radius 1 is 1.23 bits per heavy atom. The molecule has 1 aromatic carbocycles. The third-order valence-electron chi connectivity index (χ3n) is 4.46. The average Bonchev–Trinajstić information content (AvgIpc) is 2.75. The van der Waals surface area contributed by atoms with Crippen molar-refractivity contribution < 1.29 is 28.6 Å². The van der Waals surface area contributed by atoms with E-state index in [0.717, 1.165) is 5.69 Å². The number of ether oxygens (including phenoxy) is 3. The van der Waals surface area contributed by atoms with E-state index in [1.165, 1.54) is 4.90 Å². The van der Waals surface area contributed by atoms with Crippen molar-refractivity contribution in [2.24, 2.45) is 0 Å². The van der Waals surface area contributed by atoms with Crippen molar-refractivity contribution in [2.45, 2.75) is 32.7 Å². The predicted molar refractivity (Wildman–Crippen MR) is 111 cm³/mol. The second-order valence-electron chi connectivity index (χ2n) is 6.75. The van der Waals surface area contributed by atoms with Crippen LogP contribution >= 0.6 is 0 Å². The number of carbonyl (C=O) groups is 3. The summed E-state index contributed by atoms with van der Waals surface area (Å²) >= 11 is 0. The molecule has 0 spiro atoms. The number of nitrogens with zero attached hydrogens (tertiary/aromatic N) is 1. The lowest BCUT2D eigenvalue weighted by Gasteiger charge is -2.34. The summed E-state index contributed by atoms with van der Waals surface area (Å²) in [5.41, 5.74) is 0.720. The molecule has 0 aliphatic carbocycles. The van der Waals surface area contributed by atoms with Crippen LogP contribution in [0.2, 0.25) is 0 Å². The van der Waals surface area contributed by atoms with E-state index in [-0.39, 0.29) is 24.8 Å². The van der Waals surface area contributed by atoms with Gasteiger partial charge in [-0.05, 0) is 25.5 Å². The van der Waals surface area contributed by atoms with Gasteiger partial charge in [-0.15, -0.1) is 0 Å². The number of esters is 1. The van der Waals surface area contributed by atoms with E-state index < -0.39 is 12.0 Å². The minimum atomic E-state index is -0.856. The minimum absolute atomic E-state index is 0.00378. The molecule has 1 saturated heterocycles. The molecule has 9 nitrogen and oxygen atoms in total. The molecule has 166 valence electrons. The zero-order chi connectivity index (χ0) is 21.8. The van der Waals surface area contributed by atoms with E-state index >= 15 is 0 Å². The molecule has 0 bridgehead atoms. The maximum absolute atomic E-state index is 12.7. The van der Waals surface area contributed by atoms with Crippen molar-refractivity contribution in [3.05, 3.63) is 24.3 Å². The number of nitrogens with one attached hydrogen (secondary N) is 2. The Bertz CT molecular complexity index is 712. The number of piperazine rings is 1. The minimum Gasteiger partial charge on any atom is -0.491 e. The largest absolute Gasteiger partial charge is 0.491 e. The monoisotopic (exact) mass is 421 g/mol. The highest BCUT2D eigenvalue weighted by Gasteiger charge is 2.34. The maximum Gasteiger partial charge on any atom is 0.308 e. The van der Waals surface area contributed by atoms with Crippen molar-refractivity contribution in [3.8, 4) is 5.75 Å². The van der Waals surface area contributed by atoms with Gasteiger partial charge in [-0.25, -0.2) is 0 Å². The molecule has 1 heterocycles. The Kier molecular flexibility index (Phi) is 9.93. The summed E-state index contributed by atoms with van der Waals surface area (Å²) in [7, 11) is 0. The summed E-state index contributed by atoms with van der Waals surface area (Å²) in [6.07, 6.45) is 0.546. The Balaban J connectivity index is 1.90. The molecule has 1 aliphatic rings. The molecular weight excluding hydrogens is 390 g/mol. The number of benzene rings is 1. The Hall–Kier alpha value is -2.81. The fourth-order valence-electron chi connectivity index (χ4n) is 2.99. The molecule has 9 heteroatoms. The highest BCUT2D eigenvalue weighted by atomic mass is 16.5. The van der Waals surface area contributed by atoms with Gasteiger partial charge in [-0.1, -0.05) is 13.0 Å². The summed E-state index contributed by atoms with van der Waals surface area (Å²) < 4.78 is 15.9. The lowest BCUT2D eigenvalue weighted by atomic mass is 10.1. The van der Waals surface area contributed by atoms with E-state index in [1.54, 1.807) is 6.07 Å². The molecule has 2 amide bonds. The molecule has 1 aromatic rings. The van der Waals surface area contributed by atoms with Crippen LogP contribution in [-0.2, 0) is 23.9 Å². The van der Waals surface area contributed by atoms with E-state index in [0.29, 0.717) is 51.7 Å². The number of amides is 2. The zero-order valence-corrected chi connectivity index (χ0v) is 17.6. The fraction of sp³-hybridized carbons (Fsp3) is 0.571. The first-order chi connectivity index (χ1) is 14.5. The zero-order valence-electron chi connectivity index (χ0n) is 17.6. The van der Waals surface area contributed by atoms with Gasteiger partial charge in [0.25, 0.3) is 0 Å². The smallest absolute Gasteiger partial charge is 0.308 e. The van der Waals surface area contributed by atoms with Crippen molar-refractivity contribution in [2.75, 3.05) is 51.4 Å². The van der Waals surface area contributed by atoms with Crippen LogP contribution in [0.5, 0.6) is 5.75 Å². The molecule has 2 rings (SSSR count). The summed E-state index contributed by atoms with van der Waals surface area (Å²) in [5, 5.41) is 5.76. The molecule has 1 atom stereocenters. The van der Waals surface area contributed by atoms with Gasteiger partial charge in [-0.3, -0.25) is 14.4 Å². The third-order valence-corrected chi connectivity index (χ3v) is 4.46. The lowest BCUT2D eigenvalue weighted by Crippen LogP contribution is -2.58. The highest BCUT2D eigenvalue weighted by Crippen LogP contribution is 2.18. The molecule has 1 fully saturated rings. The van der Waals surface area contributed by atoms with Crippen LogP contribution in [0.25, 0.3) is 0 Å². The van der Waals surface area contributed by atoms with Crippen LogP contribution in [0, 0.1) is 0 Å². The van der Waals surface area contributed by atoms with Gasteiger partial charge in [0.2, 0.25) is 11.8 Å². The van der Waals surface area contributed by atoms with Crippen molar-refractivity contribution in [3.63, 3.8) is 0 Å². The standard InChI is InChI=1S/C21H31N3O6/c1-3-10-30-20(26)14-18-21(27)22-8-9-24(18)19(25)15-23-16-6-5-7-17(13-16)29-12-11-28-4-2/h5-7,13,18,23H,3-4,8-12,14-15H2,1-2H3,(H,22,27). The first-order valence-electron chi connectivity index (χ1n) is 10.3. The van der Waals surface area contributed by atoms with Crippen molar-refractivity contribution in [1.82, 2.24) is 10.2 Å². The molecule has 0 aromatic heterocycles. The maximum atomic E-state index is 12.7. The van der Waals surface area contributed by atoms with E-state index in [9.17, 15) is 14.4 Å². The quantitative estimate of drug-likeness (QED) is 0.386. The Morgan fingerprint density at radius 2 is 2.07 bits per heavy atom. The van der Waals surface area contributed by atoms with Gasteiger partial charge in [-0.2, -0.15) is 0 Å². The van der Waals surface area contributed by atoms with Gasteiger partial charge in [0.1, 0.15) is 18.4 Å². The van der Waals surface area contributed by atoms with Crippen LogP contribution < -0.4 is 15.4 Å². The Morgan fingerprint density at radius 3 is 2.83 bits per heavy atom. The van der Waals surface area contributed by atoms with Crippen molar-refractivity contribution >= 4 is 23.5 Å². The summed E-state index contributed by atoms with van der Waals surface area (Å²) in [4.78, 5) is 38.3. The molecule has 30 heavy (non-hydrogen) atoms. The summed E-state index contributed by atoms with van der Waals surface area (Å²) in [5.74, 6) is -0.420. The van der Waals surface area contributed by atoms with Crippen molar-refractivity contribution in [1.29, 1.82) is 0 Å². The van der Waals surface area contributed by atoms with Crippen LogP contribution in [-0.4, -0.2) is 74.8 Å². The van der Waals surface area contributed by atoms with Crippen LogP contribution in [0.4, 0.5) is 5.69 Å². The molecule has 1 unspecified atom stereocenters. The molecule has 0 saturated carbocycles. The van der Waals surface area contributed by atoms with Crippen LogP contribution in [0.1, 0.15) is 26.7 Å². The lowest BCUT2D eigenvalue weighted by molar-refractivity contribution is -0.151. The second-order valence-corrected chi connectivity index (χ2v) is 6.75. The third kappa shape index (κ3) is 7.55. The Labute approximate surface area is 177 Å². The van der Waals surface area contributed by atoms with Gasteiger partial charge >= 0.3 is 5.97 Å². The van der Waals surface area contributed by atoms with Gasteiger partial charge in [0, 0.05) is 31.5 Å². The first-order valence-corrected chi connectivity index (χ1v) is 10.3. The van der Waals surface area contributed by atoms with Crippen LogP contribution in [0.3, 0.4) is 0 Å². The van der Waals surface area contributed by atoms with Gasteiger partial charge < -0.3 is 29.7 Å². The van der Waals surface area contributed by atoms with Gasteiger partial charge in [0.05, 0.1) is 26.2 Å². The number of hydrogen-bond acceptors (Lipinski definition) is 7. The molecule has 0 radical (unpaired) electrons. The van der Waals surface area contributed by atoms with Gasteiger partial charge in [0.15, 0.2) is 0 Å². The molecule has 2 N–H and O–H groups in total. The number of hydrogen-bond donors (Lipinski definition) is 2. The summed E-state index contributed by atoms with van der Waals surface area (Å²) in [6.45, 7) is 6.39. The topological polar surface area (TPSA) is 106 Å². The summed E-state index contributed by atoms with van der Waals surface area (Å²) in [6, 6.07) is 6.41. The van der Waals surface area contributed by atoms with Crippen LogP contribution in [0.15, 0.2) is 24.3 Å². The number of carbonyl (C=O) groups excluding carboxylic acids is 3. The normalized spacial score (nSPS) is 16.0. The first kappa shape index (κ1) is 23.5. The SMILES string of the molecule is CCCOC(=O)CC1C(=O)NCCN1C(=O)CNc1cccc(OCCOCC)c1. The van der Waals surface area contributed by atoms with E-state index in [1.807, 2.05) is 32.0 Å². The fourth-order valence-corrected chi connectivity index (χ4v) is 2.99. The average molecular weight is 421 g/mol. The number of rotatable bonds is 12.